The number of benzene rings is 2. The molecule has 14 nitrogen and oxygen atoms in total. The van der Waals surface area contributed by atoms with E-state index in [9.17, 15) is 19.2 Å². The third-order valence-corrected chi connectivity index (χ3v) is 9.42. The number of hydrogen-bond acceptors (Lipinski definition) is 8. The van der Waals surface area contributed by atoms with E-state index < -0.39 is 24.3 Å². The Morgan fingerprint density at radius 3 is 1.44 bits per heavy atom. The lowest BCUT2D eigenvalue weighted by molar-refractivity contribution is -0.134. The third-order valence-electron chi connectivity index (χ3n) is 9.42. The van der Waals surface area contributed by atoms with Crippen LogP contribution in [-0.4, -0.2) is 93.1 Å². The number of amides is 4. The zero-order chi connectivity index (χ0) is 36.8. The molecule has 52 heavy (non-hydrogen) atoms. The fourth-order valence-electron chi connectivity index (χ4n) is 6.64. The maximum Gasteiger partial charge on any atom is 0.407 e. The minimum atomic E-state index is -0.707. The van der Waals surface area contributed by atoms with Crippen molar-refractivity contribution in [3.63, 3.8) is 0 Å². The number of aromatic amines is 2. The van der Waals surface area contributed by atoms with Crippen LogP contribution in [-0.2, 0) is 19.1 Å². The van der Waals surface area contributed by atoms with Gasteiger partial charge in [-0.2, -0.15) is 0 Å². The molecule has 2 aliphatic heterocycles. The molecule has 0 spiro atoms. The SMILES string of the molecule is COC(=O)NC(C)C(=O)N1CCCC1c1ncc(-c2ccc(C#Cc3ccc(-c4cnc(C5CCCN5C(=O)C(C)NC(=O)OC)[nH]4)cc3)cc2)[nH]1. The van der Waals surface area contributed by atoms with Gasteiger partial charge in [-0.15, -0.1) is 0 Å². The summed E-state index contributed by atoms with van der Waals surface area (Å²) in [5.74, 6) is 7.51. The number of H-pyrrole nitrogens is 2. The number of ether oxygens (including phenoxy) is 2. The van der Waals surface area contributed by atoms with E-state index in [-0.39, 0.29) is 23.9 Å². The molecule has 4 aromatic rings. The van der Waals surface area contributed by atoms with Gasteiger partial charge in [-0.05, 0) is 74.9 Å². The van der Waals surface area contributed by atoms with Crippen LogP contribution in [0.2, 0.25) is 0 Å². The number of alkyl carbamates (subject to hydrolysis) is 2. The highest BCUT2D eigenvalue weighted by Crippen LogP contribution is 2.33. The third kappa shape index (κ3) is 7.94. The highest BCUT2D eigenvalue weighted by molar-refractivity contribution is 5.86. The quantitative estimate of drug-likeness (QED) is 0.191. The van der Waals surface area contributed by atoms with Crippen LogP contribution in [0.3, 0.4) is 0 Å². The molecule has 2 fully saturated rings. The Hall–Kier alpha value is -6.10. The van der Waals surface area contributed by atoms with Crippen LogP contribution >= 0.6 is 0 Å². The Morgan fingerprint density at radius 2 is 1.08 bits per heavy atom. The summed E-state index contributed by atoms with van der Waals surface area (Å²) in [5, 5.41) is 5.09. The Balaban J connectivity index is 1.06. The maximum atomic E-state index is 13.0. The first-order valence-corrected chi connectivity index (χ1v) is 17.3. The molecule has 4 amide bonds. The maximum absolute atomic E-state index is 13.0. The summed E-state index contributed by atoms with van der Waals surface area (Å²) in [6, 6.07) is 13.9. The standard InChI is InChI=1S/C38H42N8O6/c1-23(41-37(49)51-3)35(47)45-19-5-7-31(45)33-39-21-29(43-33)27-15-11-25(12-16-27)9-10-26-13-17-28(18-14-26)30-22-40-34(44-30)32-8-6-20-46(32)36(48)24(2)42-38(50)52-4/h11-18,21-24,31-32H,5-8,19-20H2,1-4H3,(H,39,43)(H,40,44)(H,41,49)(H,42,50). The summed E-state index contributed by atoms with van der Waals surface area (Å²) in [6.45, 7) is 4.48. The molecule has 0 aliphatic carbocycles. The van der Waals surface area contributed by atoms with Gasteiger partial charge in [0.05, 0.1) is 50.1 Å². The van der Waals surface area contributed by atoms with E-state index in [2.05, 4.69) is 51.9 Å². The number of carbonyl (C=O) groups excluding carboxylic acids is 4. The first-order valence-electron chi connectivity index (χ1n) is 17.3. The van der Waals surface area contributed by atoms with E-state index in [1.165, 1.54) is 14.2 Å². The molecule has 4 heterocycles. The van der Waals surface area contributed by atoms with Crippen molar-refractivity contribution in [1.29, 1.82) is 0 Å². The van der Waals surface area contributed by atoms with Gasteiger partial charge in [-0.3, -0.25) is 9.59 Å². The number of nitrogens with one attached hydrogen (secondary N) is 4. The van der Waals surface area contributed by atoms with Gasteiger partial charge in [0.25, 0.3) is 0 Å². The molecule has 4 N–H and O–H groups in total. The van der Waals surface area contributed by atoms with Gasteiger partial charge >= 0.3 is 12.2 Å². The fraction of sp³-hybridized carbons (Fsp3) is 0.368. The van der Waals surface area contributed by atoms with Gasteiger partial charge in [0.2, 0.25) is 11.8 Å². The molecule has 2 saturated heterocycles. The molecule has 270 valence electrons. The van der Waals surface area contributed by atoms with Crippen LogP contribution in [0.25, 0.3) is 22.5 Å². The number of hydrogen-bond donors (Lipinski definition) is 4. The van der Waals surface area contributed by atoms with E-state index in [1.807, 2.05) is 48.5 Å². The van der Waals surface area contributed by atoms with Crippen molar-refractivity contribution in [3.8, 4) is 34.4 Å². The molecule has 2 aromatic carbocycles. The van der Waals surface area contributed by atoms with Crippen molar-refractivity contribution in [2.45, 2.75) is 63.7 Å². The van der Waals surface area contributed by atoms with Crippen molar-refractivity contribution >= 4 is 24.0 Å². The van der Waals surface area contributed by atoms with Crippen molar-refractivity contribution in [2.24, 2.45) is 0 Å². The number of rotatable bonds is 8. The summed E-state index contributed by atoms with van der Waals surface area (Å²) in [7, 11) is 2.53. The van der Waals surface area contributed by atoms with Crippen molar-refractivity contribution in [3.05, 3.63) is 83.7 Å². The number of nitrogens with zero attached hydrogens (tertiary/aromatic N) is 4. The predicted octanol–water partition coefficient (Wildman–Crippen LogP) is 4.68. The lowest BCUT2D eigenvalue weighted by Crippen LogP contribution is -2.46. The smallest absolute Gasteiger partial charge is 0.407 e. The highest BCUT2D eigenvalue weighted by Gasteiger charge is 2.36. The molecule has 2 aromatic heterocycles. The Kier molecular flexibility index (Phi) is 10.9. The summed E-state index contributed by atoms with van der Waals surface area (Å²) in [5.41, 5.74) is 5.28. The van der Waals surface area contributed by atoms with Crippen molar-refractivity contribution in [2.75, 3.05) is 27.3 Å². The molecule has 0 radical (unpaired) electrons. The van der Waals surface area contributed by atoms with Crippen molar-refractivity contribution in [1.82, 2.24) is 40.4 Å². The van der Waals surface area contributed by atoms with E-state index >= 15 is 0 Å². The molecule has 6 rings (SSSR count). The van der Waals surface area contributed by atoms with Crippen LogP contribution in [0, 0.1) is 11.8 Å². The first kappa shape index (κ1) is 35.7. The lowest BCUT2D eigenvalue weighted by atomic mass is 10.1. The molecular weight excluding hydrogens is 664 g/mol. The van der Waals surface area contributed by atoms with Crippen LogP contribution in [0.1, 0.15) is 74.4 Å². The molecular formula is C38H42N8O6. The van der Waals surface area contributed by atoms with Gasteiger partial charge < -0.3 is 39.9 Å². The Morgan fingerprint density at radius 1 is 0.692 bits per heavy atom. The van der Waals surface area contributed by atoms with Gasteiger partial charge in [-0.1, -0.05) is 36.1 Å². The topological polar surface area (TPSA) is 175 Å². The molecule has 0 saturated carbocycles. The highest BCUT2D eigenvalue weighted by atomic mass is 16.5. The fourth-order valence-corrected chi connectivity index (χ4v) is 6.64. The molecule has 2 aliphatic rings. The summed E-state index contributed by atoms with van der Waals surface area (Å²) in [6.07, 6.45) is 5.51. The summed E-state index contributed by atoms with van der Waals surface area (Å²) < 4.78 is 9.26. The van der Waals surface area contributed by atoms with Crippen LogP contribution < -0.4 is 10.6 Å². The van der Waals surface area contributed by atoms with Crippen LogP contribution in [0.15, 0.2) is 60.9 Å². The van der Waals surface area contributed by atoms with Gasteiger partial charge in [0.15, 0.2) is 0 Å². The minimum absolute atomic E-state index is 0.178. The average Bonchev–Trinajstić information content (AvgIpc) is 4.00. The number of likely N-dealkylation sites (tertiary alicyclic amines) is 2. The van der Waals surface area contributed by atoms with Gasteiger partial charge in [-0.25, -0.2) is 19.6 Å². The zero-order valence-electron chi connectivity index (χ0n) is 29.6. The van der Waals surface area contributed by atoms with Gasteiger partial charge in [0.1, 0.15) is 23.7 Å². The number of aromatic nitrogens is 4. The largest absolute Gasteiger partial charge is 0.453 e. The summed E-state index contributed by atoms with van der Waals surface area (Å²) >= 11 is 0. The van der Waals surface area contributed by atoms with E-state index in [0.717, 1.165) is 59.3 Å². The van der Waals surface area contributed by atoms with E-state index in [0.29, 0.717) is 24.7 Å². The van der Waals surface area contributed by atoms with E-state index in [4.69, 9.17) is 0 Å². The summed E-state index contributed by atoms with van der Waals surface area (Å²) in [4.78, 5) is 68.7. The second-order valence-electron chi connectivity index (χ2n) is 12.9. The monoisotopic (exact) mass is 706 g/mol. The Labute approximate surface area is 301 Å². The lowest BCUT2D eigenvalue weighted by Gasteiger charge is -2.26. The van der Waals surface area contributed by atoms with Crippen LogP contribution in [0.5, 0.6) is 0 Å². The molecule has 14 heteroatoms. The average molecular weight is 707 g/mol. The van der Waals surface area contributed by atoms with Gasteiger partial charge in [0, 0.05) is 24.2 Å². The zero-order valence-corrected chi connectivity index (χ0v) is 29.6. The number of imidazole rings is 2. The second-order valence-corrected chi connectivity index (χ2v) is 12.9. The molecule has 0 bridgehead atoms. The number of methoxy groups -OCH3 is 2. The minimum Gasteiger partial charge on any atom is -0.453 e. The number of carbonyl (C=O) groups is 4. The van der Waals surface area contributed by atoms with Crippen molar-refractivity contribution < 1.29 is 28.7 Å². The van der Waals surface area contributed by atoms with Crippen LogP contribution in [0.4, 0.5) is 9.59 Å². The normalized spacial score (nSPS) is 17.8. The first-order chi connectivity index (χ1) is 25.1. The van der Waals surface area contributed by atoms with E-state index in [1.54, 1.807) is 36.0 Å². The Bertz CT molecular complexity index is 1840. The molecule has 4 unspecified atom stereocenters. The predicted molar refractivity (Wildman–Crippen MR) is 191 cm³/mol. The second kappa shape index (κ2) is 15.8. The molecule has 4 atom stereocenters.